The topological polar surface area (TPSA) is 17.3 Å². The minimum atomic E-state index is -1.65. The zero-order valence-electron chi connectivity index (χ0n) is 8.87. The first-order valence-electron chi connectivity index (χ1n) is 5.10. The van der Waals surface area contributed by atoms with Gasteiger partial charge in [0.1, 0.15) is 11.5 Å². The van der Waals surface area contributed by atoms with Crippen LogP contribution in [0.15, 0.2) is 36.5 Å². The summed E-state index contributed by atoms with van der Waals surface area (Å²) in [7, 11) is 0. The van der Waals surface area contributed by atoms with Crippen molar-refractivity contribution in [1.82, 2.24) is 9.38 Å². The van der Waals surface area contributed by atoms with Crippen LogP contribution in [0.3, 0.4) is 0 Å². The normalized spacial score (nSPS) is 12.4. The van der Waals surface area contributed by atoms with E-state index in [-0.39, 0.29) is 11.5 Å². The van der Waals surface area contributed by atoms with E-state index >= 15 is 0 Å². The Kier molecular flexibility index (Phi) is 2.66. The second-order valence-corrected chi connectivity index (χ2v) is 6.14. The van der Waals surface area contributed by atoms with E-state index in [9.17, 15) is 4.39 Å². The summed E-state index contributed by atoms with van der Waals surface area (Å²) in [5.74, 6) is -0.378. The van der Waals surface area contributed by atoms with Gasteiger partial charge in [-0.25, -0.2) is 9.37 Å². The Morgan fingerprint density at radius 1 is 1.11 bits per heavy atom. The molecule has 92 valence electrons. The van der Waals surface area contributed by atoms with Crippen molar-refractivity contribution in [1.29, 1.82) is 0 Å². The van der Waals surface area contributed by atoms with E-state index in [1.54, 1.807) is 12.1 Å². The molecule has 0 unspecified atom stereocenters. The molecule has 3 aromatic rings. The average Bonchev–Trinajstić information content (AvgIpc) is 2.74. The molecule has 0 saturated heterocycles. The fourth-order valence-electron chi connectivity index (χ4n) is 1.96. The van der Waals surface area contributed by atoms with Crippen LogP contribution in [-0.2, 0) is 3.79 Å². The van der Waals surface area contributed by atoms with Crippen molar-refractivity contribution in [2.24, 2.45) is 0 Å². The van der Waals surface area contributed by atoms with Gasteiger partial charge in [-0.1, -0.05) is 34.8 Å². The number of fused-ring (bicyclic) bond motifs is 3. The van der Waals surface area contributed by atoms with Crippen molar-refractivity contribution in [2.45, 2.75) is 3.79 Å². The molecule has 2 heterocycles. The largest absolute Gasteiger partial charge is 0.313 e. The van der Waals surface area contributed by atoms with Gasteiger partial charge in [0.15, 0.2) is 0 Å². The minimum Gasteiger partial charge on any atom is -0.313 e. The molecule has 2 nitrogen and oxygen atoms in total. The first kappa shape index (κ1) is 12.0. The summed E-state index contributed by atoms with van der Waals surface area (Å²) in [6.07, 6.45) is 1.82. The second kappa shape index (κ2) is 3.98. The summed E-state index contributed by atoms with van der Waals surface area (Å²) in [5, 5.41) is 0. The summed E-state index contributed by atoms with van der Waals surface area (Å²) in [6, 6.07) is 7.95. The van der Waals surface area contributed by atoms with E-state index in [0.717, 1.165) is 5.52 Å². The van der Waals surface area contributed by atoms with Gasteiger partial charge < -0.3 is 4.40 Å². The Balaban J connectivity index is 2.51. The maximum absolute atomic E-state index is 13.2. The van der Waals surface area contributed by atoms with Crippen molar-refractivity contribution in [2.75, 3.05) is 0 Å². The summed E-state index contributed by atoms with van der Waals surface area (Å²) >= 11 is 17.7. The van der Waals surface area contributed by atoms with Crippen LogP contribution in [0.1, 0.15) is 5.69 Å². The van der Waals surface area contributed by atoms with Gasteiger partial charge >= 0.3 is 0 Å². The van der Waals surface area contributed by atoms with E-state index in [0.29, 0.717) is 11.0 Å². The molecule has 0 amide bonds. The first-order chi connectivity index (χ1) is 8.47. The molecule has 1 aromatic carbocycles. The molecule has 0 atom stereocenters. The molecule has 0 N–H and O–H groups in total. The molecule has 0 radical (unpaired) electrons. The third kappa shape index (κ3) is 1.83. The van der Waals surface area contributed by atoms with Gasteiger partial charge in [0.25, 0.3) is 0 Å². The standard InChI is InChI=1S/C12H6Cl3FN2/c13-12(14,15)11-10-2-1-5-18(10)9-4-3-7(16)6-8(9)17-11/h1-6H. The number of halogens is 4. The minimum absolute atomic E-state index is 0.288. The highest BCUT2D eigenvalue weighted by molar-refractivity contribution is 6.67. The number of hydrogen-bond acceptors (Lipinski definition) is 1. The predicted octanol–water partition coefficient (Wildman–Crippen LogP) is 4.45. The van der Waals surface area contributed by atoms with Crippen molar-refractivity contribution >= 4 is 51.4 Å². The van der Waals surface area contributed by atoms with E-state index in [1.165, 1.54) is 12.1 Å². The lowest BCUT2D eigenvalue weighted by Crippen LogP contribution is -2.07. The summed E-state index contributed by atoms with van der Waals surface area (Å²) in [4.78, 5) is 4.25. The fraction of sp³-hybridized carbons (Fsp3) is 0.0833. The lowest BCUT2D eigenvalue weighted by molar-refractivity contribution is 0.629. The van der Waals surface area contributed by atoms with Crippen LogP contribution in [0.4, 0.5) is 4.39 Å². The molecule has 0 saturated carbocycles. The van der Waals surface area contributed by atoms with Gasteiger partial charge in [0.2, 0.25) is 3.79 Å². The van der Waals surface area contributed by atoms with Crippen LogP contribution in [0.2, 0.25) is 0 Å². The van der Waals surface area contributed by atoms with Gasteiger partial charge in [-0.15, -0.1) is 0 Å². The van der Waals surface area contributed by atoms with Crippen LogP contribution >= 0.6 is 34.8 Å². The monoisotopic (exact) mass is 302 g/mol. The number of rotatable bonds is 0. The molecule has 6 heteroatoms. The molecule has 0 aliphatic carbocycles. The van der Waals surface area contributed by atoms with Gasteiger partial charge in [0, 0.05) is 12.3 Å². The molecule has 0 aliphatic heterocycles. The number of benzene rings is 1. The lowest BCUT2D eigenvalue weighted by atomic mass is 10.2. The molecule has 0 spiro atoms. The maximum atomic E-state index is 13.2. The summed E-state index contributed by atoms with van der Waals surface area (Å²) in [5.41, 5.74) is 2.18. The molecule has 2 aromatic heterocycles. The molecule has 18 heavy (non-hydrogen) atoms. The number of hydrogen-bond donors (Lipinski definition) is 0. The van der Waals surface area contributed by atoms with Gasteiger partial charge in [-0.3, -0.25) is 0 Å². The zero-order chi connectivity index (χ0) is 12.9. The van der Waals surface area contributed by atoms with Gasteiger partial charge in [0.05, 0.1) is 16.6 Å². The number of nitrogens with zero attached hydrogens (tertiary/aromatic N) is 2. The maximum Gasteiger partial charge on any atom is 0.234 e. The van der Waals surface area contributed by atoms with Crippen molar-refractivity contribution in [3.8, 4) is 0 Å². The molecular formula is C12H6Cl3FN2. The average molecular weight is 304 g/mol. The summed E-state index contributed by atoms with van der Waals surface area (Å²) in [6.45, 7) is 0. The second-order valence-electron chi connectivity index (χ2n) is 3.85. The van der Waals surface area contributed by atoms with Crippen LogP contribution in [-0.4, -0.2) is 9.38 Å². The van der Waals surface area contributed by atoms with E-state index in [2.05, 4.69) is 4.98 Å². The van der Waals surface area contributed by atoms with Crippen LogP contribution in [0.5, 0.6) is 0 Å². The summed E-state index contributed by atoms with van der Waals surface area (Å²) < 4.78 is 13.4. The molecule has 0 bridgehead atoms. The van der Waals surface area contributed by atoms with E-state index < -0.39 is 3.79 Å². The van der Waals surface area contributed by atoms with Crippen LogP contribution < -0.4 is 0 Å². The first-order valence-corrected chi connectivity index (χ1v) is 6.24. The van der Waals surface area contributed by atoms with Gasteiger partial charge in [-0.05, 0) is 24.3 Å². The van der Waals surface area contributed by atoms with E-state index in [1.807, 2.05) is 16.7 Å². The Labute approximate surface area is 117 Å². The molecule has 3 rings (SSSR count). The number of aromatic nitrogens is 2. The Morgan fingerprint density at radius 2 is 1.89 bits per heavy atom. The third-order valence-electron chi connectivity index (χ3n) is 2.69. The Bertz CT molecular complexity index is 746. The lowest BCUT2D eigenvalue weighted by Gasteiger charge is -2.14. The molecule has 0 aliphatic rings. The Hall–Kier alpha value is -1.03. The number of alkyl halides is 3. The SMILES string of the molecule is Fc1ccc2c(c1)nc(C(Cl)(Cl)Cl)c1cccn12. The van der Waals surface area contributed by atoms with Crippen molar-refractivity contribution in [3.05, 3.63) is 48.0 Å². The van der Waals surface area contributed by atoms with Crippen molar-refractivity contribution < 1.29 is 4.39 Å². The third-order valence-corrected chi connectivity index (χ3v) is 3.23. The molecule has 0 fully saturated rings. The molecular weight excluding hydrogens is 298 g/mol. The quantitative estimate of drug-likeness (QED) is 0.561. The van der Waals surface area contributed by atoms with E-state index in [4.69, 9.17) is 34.8 Å². The van der Waals surface area contributed by atoms with Crippen LogP contribution in [0, 0.1) is 5.82 Å². The Morgan fingerprint density at radius 3 is 2.61 bits per heavy atom. The highest BCUT2D eigenvalue weighted by Crippen LogP contribution is 2.40. The zero-order valence-corrected chi connectivity index (χ0v) is 11.1. The highest BCUT2D eigenvalue weighted by atomic mass is 35.6. The fourth-order valence-corrected chi connectivity index (χ4v) is 2.38. The highest BCUT2D eigenvalue weighted by Gasteiger charge is 2.28. The van der Waals surface area contributed by atoms with Crippen LogP contribution in [0.25, 0.3) is 16.6 Å². The van der Waals surface area contributed by atoms with Crippen molar-refractivity contribution in [3.63, 3.8) is 0 Å². The predicted molar refractivity (Wildman–Crippen MR) is 71.9 cm³/mol. The van der Waals surface area contributed by atoms with Gasteiger partial charge in [-0.2, -0.15) is 0 Å². The smallest absolute Gasteiger partial charge is 0.234 e.